The quantitative estimate of drug-likeness (QED) is 0.165. The van der Waals surface area contributed by atoms with Crippen molar-refractivity contribution in [2.24, 2.45) is 0 Å². The van der Waals surface area contributed by atoms with E-state index in [4.69, 9.17) is 14.2 Å². The number of benzene rings is 5. The molecule has 0 radical (unpaired) electrons. The van der Waals surface area contributed by atoms with Gasteiger partial charge in [-0.1, -0.05) is 78.9 Å². The van der Waals surface area contributed by atoms with Crippen molar-refractivity contribution < 1.29 is 27.7 Å². The average molecular weight is 627 g/mol. The second-order valence-corrected chi connectivity index (χ2v) is 12.5. The molecule has 0 aliphatic carbocycles. The van der Waals surface area contributed by atoms with E-state index in [0.717, 1.165) is 27.8 Å². The van der Waals surface area contributed by atoms with E-state index >= 15 is 0 Å². The third kappa shape index (κ3) is 6.53. The minimum absolute atomic E-state index is 0.127. The third-order valence-electron chi connectivity index (χ3n) is 7.85. The predicted octanol–water partition coefficient (Wildman–Crippen LogP) is 5.57. The van der Waals surface area contributed by atoms with Crippen LogP contribution < -0.4 is 19.1 Å². The molecule has 0 bridgehead atoms. The summed E-state index contributed by atoms with van der Waals surface area (Å²) in [5.74, 6) is 1.37. The molecule has 9 heteroatoms. The van der Waals surface area contributed by atoms with Crippen molar-refractivity contribution in [1.29, 1.82) is 0 Å². The zero-order valence-electron chi connectivity index (χ0n) is 25.8. The Morgan fingerprint density at radius 3 is 1.78 bits per heavy atom. The van der Waals surface area contributed by atoms with Crippen LogP contribution in [0, 0.1) is 0 Å². The van der Waals surface area contributed by atoms with Gasteiger partial charge in [-0.25, -0.2) is 13.1 Å². The Balaban J connectivity index is 1.55. The van der Waals surface area contributed by atoms with E-state index in [1.165, 1.54) is 0 Å². The summed E-state index contributed by atoms with van der Waals surface area (Å²) in [5.41, 5.74) is 2.15. The van der Waals surface area contributed by atoms with Gasteiger partial charge in [0.2, 0.25) is 10.0 Å². The van der Waals surface area contributed by atoms with E-state index in [0.29, 0.717) is 16.9 Å². The number of nitrogens with one attached hydrogen (secondary N) is 1. The highest BCUT2D eigenvalue weighted by molar-refractivity contribution is 7.89. The van der Waals surface area contributed by atoms with Crippen LogP contribution in [0.3, 0.4) is 0 Å². The normalized spacial score (nSPS) is 12.6. The van der Waals surface area contributed by atoms with Crippen LogP contribution in [-0.4, -0.2) is 61.1 Å². The molecule has 0 unspecified atom stereocenters. The molecule has 234 valence electrons. The first-order valence-corrected chi connectivity index (χ1v) is 16.0. The molecule has 0 spiro atoms. The van der Waals surface area contributed by atoms with Crippen molar-refractivity contribution in [2.45, 2.75) is 16.5 Å². The van der Waals surface area contributed by atoms with Crippen molar-refractivity contribution in [3.8, 4) is 11.5 Å². The van der Waals surface area contributed by atoms with E-state index in [9.17, 15) is 13.5 Å². The fraction of sp³-hybridized carbons (Fsp3) is 0.222. The molecule has 0 aliphatic rings. The number of rotatable bonds is 13. The maximum atomic E-state index is 13.9. The van der Waals surface area contributed by atoms with Crippen LogP contribution in [0.4, 0.5) is 5.69 Å². The molecule has 0 heterocycles. The molecule has 0 saturated heterocycles. The lowest BCUT2D eigenvalue weighted by Gasteiger charge is -2.37. The first kappa shape index (κ1) is 32.0. The Morgan fingerprint density at radius 1 is 0.711 bits per heavy atom. The summed E-state index contributed by atoms with van der Waals surface area (Å²) in [6.45, 7) is -0.626. The molecule has 0 fully saturated rings. The topological polar surface area (TPSA) is 97.3 Å². The number of nitrogens with zero attached hydrogens (tertiary/aromatic N) is 1. The molecule has 1 atom stereocenters. The standard InChI is InChI=1S/C36H38N2O6S/c1-38(2)34-14-8-13-33-32(34)12-9-15-35(33)45(40,41)37-29(24-39)25-44-36(26-10-6-5-7-11-26,27-16-20-30(42-3)21-17-27)28-18-22-31(43-4)23-19-28/h5-23,29,37,39H,24-25H2,1-4H3/t29-/m1/s1. The van der Waals surface area contributed by atoms with Crippen molar-refractivity contribution in [3.05, 3.63) is 132 Å². The molecule has 0 aromatic heterocycles. The Hall–Kier alpha value is -4.41. The first-order valence-electron chi connectivity index (χ1n) is 14.5. The maximum Gasteiger partial charge on any atom is 0.241 e. The number of aliphatic hydroxyl groups is 1. The maximum absolute atomic E-state index is 13.9. The fourth-order valence-corrected chi connectivity index (χ4v) is 7.03. The Labute approximate surface area is 264 Å². The van der Waals surface area contributed by atoms with E-state index in [1.54, 1.807) is 32.4 Å². The summed E-state index contributed by atoms with van der Waals surface area (Å²) < 4.78 is 48.1. The Kier molecular flexibility index (Phi) is 9.74. The van der Waals surface area contributed by atoms with Gasteiger partial charge in [-0.2, -0.15) is 0 Å². The number of ether oxygens (including phenoxy) is 3. The van der Waals surface area contributed by atoms with Crippen molar-refractivity contribution >= 4 is 26.5 Å². The van der Waals surface area contributed by atoms with Gasteiger partial charge in [-0.05, 0) is 53.1 Å². The average Bonchev–Trinajstić information content (AvgIpc) is 3.08. The van der Waals surface area contributed by atoms with E-state index in [2.05, 4.69) is 4.72 Å². The van der Waals surface area contributed by atoms with Gasteiger partial charge < -0.3 is 24.2 Å². The second kappa shape index (κ2) is 13.7. The Bertz CT molecular complexity index is 1780. The van der Waals surface area contributed by atoms with Crippen LogP contribution in [0.25, 0.3) is 10.8 Å². The molecule has 5 aromatic rings. The fourth-order valence-electron chi connectivity index (χ4n) is 5.60. The summed E-state index contributed by atoms with van der Waals surface area (Å²) in [7, 11) is 2.98. The lowest BCUT2D eigenvalue weighted by molar-refractivity contribution is -0.00452. The smallest absolute Gasteiger partial charge is 0.241 e. The van der Waals surface area contributed by atoms with E-state index in [-0.39, 0.29) is 11.5 Å². The van der Waals surface area contributed by atoms with E-state index in [1.807, 2.05) is 116 Å². The molecule has 0 amide bonds. The van der Waals surface area contributed by atoms with Crippen LogP contribution in [-0.2, 0) is 20.4 Å². The van der Waals surface area contributed by atoms with Gasteiger partial charge in [-0.3, -0.25) is 0 Å². The largest absolute Gasteiger partial charge is 0.497 e. The highest BCUT2D eigenvalue weighted by atomic mass is 32.2. The molecule has 5 aromatic carbocycles. The second-order valence-electron chi connectivity index (χ2n) is 10.8. The number of aliphatic hydroxyl groups excluding tert-OH is 1. The highest BCUT2D eigenvalue weighted by Gasteiger charge is 2.39. The molecule has 0 aliphatic heterocycles. The van der Waals surface area contributed by atoms with Crippen LogP contribution >= 0.6 is 0 Å². The SMILES string of the molecule is COc1ccc(C(OC[C@@H](CO)NS(=O)(=O)c2cccc3c(N(C)C)cccc23)(c2ccccc2)c2ccc(OC)cc2)cc1. The molecule has 5 rings (SSSR count). The number of methoxy groups -OCH3 is 2. The number of sulfonamides is 1. The van der Waals surface area contributed by atoms with Gasteiger partial charge in [0.15, 0.2) is 0 Å². The van der Waals surface area contributed by atoms with Crippen LogP contribution in [0.2, 0.25) is 0 Å². The first-order chi connectivity index (χ1) is 21.7. The summed E-state index contributed by atoms with van der Waals surface area (Å²) in [6, 6.07) is 34.6. The molecular formula is C36H38N2O6S. The summed E-state index contributed by atoms with van der Waals surface area (Å²) >= 11 is 0. The minimum Gasteiger partial charge on any atom is -0.497 e. The van der Waals surface area contributed by atoms with Crippen molar-refractivity contribution in [2.75, 3.05) is 46.4 Å². The lowest BCUT2D eigenvalue weighted by atomic mass is 9.80. The van der Waals surface area contributed by atoms with Crippen molar-refractivity contribution in [1.82, 2.24) is 4.72 Å². The minimum atomic E-state index is -4.06. The van der Waals surface area contributed by atoms with Gasteiger partial charge in [-0.15, -0.1) is 0 Å². The Morgan fingerprint density at radius 2 is 1.24 bits per heavy atom. The van der Waals surface area contributed by atoms with Crippen LogP contribution in [0.1, 0.15) is 16.7 Å². The van der Waals surface area contributed by atoms with Crippen molar-refractivity contribution in [3.63, 3.8) is 0 Å². The summed E-state index contributed by atoms with van der Waals surface area (Å²) in [4.78, 5) is 2.07. The van der Waals surface area contributed by atoms with Gasteiger partial charge in [0.05, 0.1) is 38.4 Å². The van der Waals surface area contributed by atoms with Gasteiger partial charge in [0, 0.05) is 30.6 Å². The molecule has 8 nitrogen and oxygen atoms in total. The molecule has 0 saturated carbocycles. The van der Waals surface area contributed by atoms with Gasteiger partial charge >= 0.3 is 0 Å². The van der Waals surface area contributed by atoms with Crippen LogP contribution in [0.15, 0.2) is 120 Å². The number of hydrogen-bond acceptors (Lipinski definition) is 7. The summed E-state index contributed by atoms with van der Waals surface area (Å²) in [5, 5.41) is 11.9. The molecular weight excluding hydrogens is 588 g/mol. The number of fused-ring (bicyclic) bond motifs is 1. The predicted molar refractivity (Wildman–Crippen MR) is 178 cm³/mol. The van der Waals surface area contributed by atoms with Gasteiger partial charge in [0.1, 0.15) is 17.1 Å². The number of hydrogen-bond donors (Lipinski definition) is 2. The zero-order chi connectivity index (χ0) is 32.0. The highest BCUT2D eigenvalue weighted by Crippen LogP contribution is 2.42. The molecule has 2 N–H and O–H groups in total. The third-order valence-corrected chi connectivity index (χ3v) is 9.43. The van der Waals surface area contributed by atoms with E-state index < -0.39 is 28.3 Å². The van der Waals surface area contributed by atoms with Crippen LogP contribution in [0.5, 0.6) is 11.5 Å². The lowest BCUT2D eigenvalue weighted by Crippen LogP contribution is -2.44. The van der Waals surface area contributed by atoms with Gasteiger partial charge in [0.25, 0.3) is 0 Å². The molecule has 45 heavy (non-hydrogen) atoms. The monoisotopic (exact) mass is 626 g/mol. The zero-order valence-corrected chi connectivity index (χ0v) is 26.6. The number of anilines is 1. The summed E-state index contributed by atoms with van der Waals surface area (Å²) in [6.07, 6.45) is 0.